The number of hydroxylamine groups is 1. The molecule has 0 aromatic heterocycles. The zero-order valence-electron chi connectivity index (χ0n) is 10.7. The second-order valence-electron chi connectivity index (χ2n) is 5.28. The van der Waals surface area contributed by atoms with Crippen molar-refractivity contribution in [2.45, 2.75) is 24.2 Å². The first-order chi connectivity index (χ1) is 9.83. The van der Waals surface area contributed by atoms with Crippen LogP contribution in [-0.4, -0.2) is 25.5 Å². The van der Waals surface area contributed by atoms with Crippen LogP contribution in [0.1, 0.15) is 12.0 Å². The van der Waals surface area contributed by atoms with E-state index in [2.05, 4.69) is 21.4 Å². The SMILES string of the molecule is Fc1ccc(Br)cc1[C@]12CO[C@@H](C(F)(F)F)C[C@H]1CON2. The fraction of sp³-hybridized carbons (Fsp3) is 0.538. The summed E-state index contributed by atoms with van der Waals surface area (Å²) in [4.78, 5) is 5.13. The lowest BCUT2D eigenvalue weighted by atomic mass is 9.75. The lowest BCUT2D eigenvalue weighted by molar-refractivity contribution is -0.245. The van der Waals surface area contributed by atoms with Crippen molar-refractivity contribution in [3.63, 3.8) is 0 Å². The summed E-state index contributed by atoms with van der Waals surface area (Å²) in [6, 6.07) is 4.34. The van der Waals surface area contributed by atoms with Gasteiger partial charge in [-0.15, -0.1) is 0 Å². The van der Waals surface area contributed by atoms with Crippen molar-refractivity contribution >= 4 is 15.9 Å². The van der Waals surface area contributed by atoms with Crippen LogP contribution >= 0.6 is 15.9 Å². The molecule has 2 fully saturated rings. The Hall–Kier alpha value is -0.700. The highest BCUT2D eigenvalue weighted by Crippen LogP contribution is 2.45. The zero-order chi connectivity index (χ0) is 15.3. The number of fused-ring (bicyclic) bond motifs is 1. The standard InChI is InChI=1S/C13H12BrF4NO2/c14-8-1-2-10(15)9(4-8)12-6-20-11(13(16,17)18)3-7(12)5-21-19-12/h1-2,4,7,11,19H,3,5-6H2/t7-,11+,12-/m0/s1. The minimum absolute atomic E-state index is 0.0852. The van der Waals surface area contributed by atoms with Gasteiger partial charge in [-0.3, -0.25) is 0 Å². The average molecular weight is 370 g/mol. The molecular weight excluding hydrogens is 358 g/mol. The van der Waals surface area contributed by atoms with Gasteiger partial charge in [-0.2, -0.15) is 18.7 Å². The summed E-state index contributed by atoms with van der Waals surface area (Å²) in [7, 11) is 0. The number of hydrogen-bond donors (Lipinski definition) is 1. The summed E-state index contributed by atoms with van der Waals surface area (Å²) in [5.41, 5.74) is 1.84. The number of nitrogens with one attached hydrogen (secondary N) is 1. The topological polar surface area (TPSA) is 30.5 Å². The van der Waals surface area contributed by atoms with E-state index in [4.69, 9.17) is 9.57 Å². The summed E-state index contributed by atoms with van der Waals surface area (Å²) in [6.07, 6.45) is -6.53. The Kier molecular flexibility index (Phi) is 3.76. The van der Waals surface area contributed by atoms with E-state index in [9.17, 15) is 17.6 Å². The van der Waals surface area contributed by atoms with Crippen molar-refractivity contribution in [2.24, 2.45) is 5.92 Å². The van der Waals surface area contributed by atoms with Gasteiger partial charge in [0.1, 0.15) is 5.82 Å². The summed E-state index contributed by atoms with van der Waals surface area (Å²) in [5, 5.41) is 0. The molecule has 0 aliphatic carbocycles. The van der Waals surface area contributed by atoms with Crippen molar-refractivity contribution in [3.8, 4) is 0 Å². The number of rotatable bonds is 1. The summed E-state index contributed by atoms with van der Waals surface area (Å²) in [5.74, 6) is -1.02. The second-order valence-corrected chi connectivity index (χ2v) is 6.20. The molecule has 0 bridgehead atoms. The van der Waals surface area contributed by atoms with E-state index in [1.165, 1.54) is 12.1 Å². The van der Waals surface area contributed by atoms with Crippen LogP contribution in [0.15, 0.2) is 22.7 Å². The van der Waals surface area contributed by atoms with Crippen LogP contribution < -0.4 is 5.48 Å². The van der Waals surface area contributed by atoms with E-state index in [0.29, 0.717) is 4.47 Å². The maximum atomic E-state index is 14.1. The maximum absolute atomic E-state index is 14.1. The molecule has 1 aromatic rings. The third kappa shape index (κ3) is 2.58. The Bertz CT molecular complexity index is 553. The fourth-order valence-electron chi connectivity index (χ4n) is 2.89. The summed E-state index contributed by atoms with van der Waals surface area (Å²) >= 11 is 3.24. The molecule has 2 heterocycles. The number of alkyl halides is 3. The molecule has 2 saturated heterocycles. The number of benzene rings is 1. The third-order valence-corrected chi connectivity index (χ3v) is 4.51. The van der Waals surface area contributed by atoms with Crippen LogP contribution in [0.5, 0.6) is 0 Å². The minimum Gasteiger partial charge on any atom is -0.366 e. The van der Waals surface area contributed by atoms with Crippen molar-refractivity contribution in [3.05, 3.63) is 34.1 Å². The quantitative estimate of drug-likeness (QED) is 0.770. The first-order valence-electron chi connectivity index (χ1n) is 6.36. The fourth-order valence-corrected chi connectivity index (χ4v) is 3.25. The molecule has 1 aromatic carbocycles. The van der Waals surface area contributed by atoms with Gasteiger partial charge in [0, 0.05) is 16.0 Å². The van der Waals surface area contributed by atoms with Crippen LogP contribution in [0.3, 0.4) is 0 Å². The molecule has 0 amide bonds. The van der Waals surface area contributed by atoms with Crippen LogP contribution in [0.2, 0.25) is 0 Å². The molecule has 0 radical (unpaired) electrons. The van der Waals surface area contributed by atoms with Gasteiger partial charge in [0.15, 0.2) is 6.10 Å². The van der Waals surface area contributed by atoms with Crippen LogP contribution in [0, 0.1) is 11.7 Å². The van der Waals surface area contributed by atoms with Crippen LogP contribution in [0.4, 0.5) is 17.6 Å². The van der Waals surface area contributed by atoms with E-state index in [-0.39, 0.29) is 25.2 Å². The smallest absolute Gasteiger partial charge is 0.366 e. The van der Waals surface area contributed by atoms with E-state index >= 15 is 0 Å². The predicted octanol–water partition coefficient (Wildman–Crippen LogP) is 3.29. The second kappa shape index (κ2) is 5.19. The molecule has 1 N–H and O–H groups in total. The first-order valence-corrected chi connectivity index (χ1v) is 7.15. The molecule has 2 aliphatic heterocycles. The van der Waals surface area contributed by atoms with E-state index < -0.39 is 29.6 Å². The predicted molar refractivity (Wildman–Crippen MR) is 68.8 cm³/mol. The van der Waals surface area contributed by atoms with Crippen LogP contribution in [0.25, 0.3) is 0 Å². The lowest BCUT2D eigenvalue weighted by Crippen LogP contribution is -2.54. The average Bonchev–Trinajstić information content (AvgIpc) is 2.84. The molecule has 116 valence electrons. The van der Waals surface area contributed by atoms with Gasteiger partial charge in [0.2, 0.25) is 0 Å². The molecule has 21 heavy (non-hydrogen) atoms. The molecule has 0 saturated carbocycles. The molecule has 3 rings (SSSR count). The Balaban J connectivity index is 1.96. The molecule has 3 atom stereocenters. The number of ether oxygens (including phenoxy) is 1. The molecule has 8 heteroatoms. The Morgan fingerprint density at radius 1 is 1.33 bits per heavy atom. The zero-order valence-corrected chi connectivity index (χ0v) is 12.3. The van der Waals surface area contributed by atoms with Crippen molar-refractivity contribution < 1.29 is 27.1 Å². The molecule has 3 nitrogen and oxygen atoms in total. The summed E-state index contributed by atoms with van der Waals surface area (Å²) in [6.45, 7) is -0.211. The van der Waals surface area contributed by atoms with E-state index in [1.807, 2.05) is 0 Å². The minimum atomic E-state index is -4.43. The van der Waals surface area contributed by atoms with Gasteiger partial charge < -0.3 is 9.57 Å². The Morgan fingerprint density at radius 3 is 2.81 bits per heavy atom. The van der Waals surface area contributed by atoms with Gasteiger partial charge in [-0.05, 0) is 24.6 Å². The lowest BCUT2D eigenvalue weighted by Gasteiger charge is -2.41. The monoisotopic (exact) mass is 369 g/mol. The first kappa shape index (κ1) is 15.2. The number of halogens is 5. The van der Waals surface area contributed by atoms with Gasteiger partial charge in [-0.1, -0.05) is 15.9 Å². The van der Waals surface area contributed by atoms with Gasteiger partial charge in [-0.25, -0.2) is 4.39 Å². The van der Waals surface area contributed by atoms with Crippen molar-refractivity contribution in [1.82, 2.24) is 5.48 Å². The normalized spacial score (nSPS) is 33.0. The van der Waals surface area contributed by atoms with Crippen molar-refractivity contribution in [1.29, 1.82) is 0 Å². The summed E-state index contributed by atoms with van der Waals surface area (Å²) < 4.78 is 58.1. The Morgan fingerprint density at radius 2 is 2.10 bits per heavy atom. The van der Waals surface area contributed by atoms with E-state index in [0.717, 1.165) is 0 Å². The third-order valence-electron chi connectivity index (χ3n) is 4.02. The molecule has 2 aliphatic rings. The van der Waals surface area contributed by atoms with Crippen LogP contribution in [-0.2, 0) is 15.1 Å². The highest BCUT2D eigenvalue weighted by atomic mass is 79.9. The highest BCUT2D eigenvalue weighted by molar-refractivity contribution is 9.10. The Labute approximate surface area is 126 Å². The molecule has 0 spiro atoms. The number of hydrogen-bond acceptors (Lipinski definition) is 3. The molecule has 0 unspecified atom stereocenters. The molecular formula is C13H12BrF4NO2. The maximum Gasteiger partial charge on any atom is 0.414 e. The highest BCUT2D eigenvalue weighted by Gasteiger charge is 2.56. The van der Waals surface area contributed by atoms with Gasteiger partial charge >= 0.3 is 6.18 Å². The van der Waals surface area contributed by atoms with E-state index in [1.54, 1.807) is 6.07 Å². The van der Waals surface area contributed by atoms with Gasteiger partial charge in [0.05, 0.1) is 18.8 Å². The van der Waals surface area contributed by atoms with Crippen molar-refractivity contribution in [2.75, 3.05) is 13.2 Å². The van der Waals surface area contributed by atoms with Gasteiger partial charge in [0.25, 0.3) is 0 Å². The largest absolute Gasteiger partial charge is 0.414 e.